The molecule has 0 fully saturated rings. The average Bonchev–Trinajstić information content (AvgIpc) is 2.35. The molecule has 3 nitrogen and oxygen atoms in total. The second-order valence-corrected chi connectivity index (χ2v) is 5.00. The maximum Gasteiger partial charge on any atom is 0.323 e. The molecular weight excluding hydrogens is 226 g/mol. The summed E-state index contributed by atoms with van der Waals surface area (Å²) in [7, 11) is 0. The number of aliphatic carboxylic acids is 1. The largest absolute Gasteiger partial charge is 0.480 e. The number of carboxylic acid groups (broad SMARTS) is 1. The summed E-state index contributed by atoms with van der Waals surface area (Å²) >= 11 is 0. The van der Waals surface area contributed by atoms with Crippen molar-refractivity contribution in [2.45, 2.75) is 46.2 Å². The van der Waals surface area contributed by atoms with Crippen molar-refractivity contribution in [3.8, 4) is 0 Å². The Hall–Kier alpha value is -1.35. The molecule has 0 amide bonds. The van der Waals surface area contributed by atoms with E-state index in [4.69, 9.17) is 0 Å². The molecule has 1 rings (SSSR count). The maximum absolute atomic E-state index is 11.3. The smallest absolute Gasteiger partial charge is 0.323 e. The van der Waals surface area contributed by atoms with Crippen molar-refractivity contribution in [1.29, 1.82) is 0 Å². The standard InChI is InChI=1S/C15H23NO2/c1-5-12-9-7-8-10-13(12)11-16(6-2)15(3,4)14(17)18/h7-10H,5-6,11H2,1-4H3,(H,17,18). The molecule has 1 aromatic rings. The molecule has 0 unspecified atom stereocenters. The lowest BCUT2D eigenvalue weighted by molar-refractivity contribution is -0.149. The molecule has 0 saturated heterocycles. The van der Waals surface area contributed by atoms with Crippen LogP contribution in [-0.4, -0.2) is 28.1 Å². The van der Waals surface area contributed by atoms with Crippen molar-refractivity contribution in [3.63, 3.8) is 0 Å². The molecule has 0 saturated carbocycles. The van der Waals surface area contributed by atoms with Crippen LogP contribution in [0.15, 0.2) is 24.3 Å². The first-order valence-electron chi connectivity index (χ1n) is 6.48. The molecule has 0 bridgehead atoms. The summed E-state index contributed by atoms with van der Waals surface area (Å²) in [5.41, 5.74) is 1.67. The Morgan fingerprint density at radius 2 is 1.78 bits per heavy atom. The second-order valence-electron chi connectivity index (χ2n) is 5.00. The predicted molar refractivity (Wildman–Crippen MR) is 73.6 cm³/mol. The maximum atomic E-state index is 11.3. The van der Waals surface area contributed by atoms with E-state index in [9.17, 15) is 9.90 Å². The Labute approximate surface area is 109 Å². The Morgan fingerprint density at radius 1 is 1.22 bits per heavy atom. The molecule has 0 heterocycles. The number of carbonyl (C=O) groups is 1. The third-order valence-corrected chi connectivity index (χ3v) is 3.56. The van der Waals surface area contributed by atoms with Crippen molar-refractivity contribution in [2.75, 3.05) is 6.54 Å². The van der Waals surface area contributed by atoms with Gasteiger partial charge in [-0.15, -0.1) is 0 Å². The number of aryl methyl sites for hydroxylation is 1. The highest BCUT2D eigenvalue weighted by atomic mass is 16.4. The molecular formula is C15H23NO2. The van der Waals surface area contributed by atoms with Crippen molar-refractivity contribution < 1.29 is 9.90 Å². The van der Waals surface area contributed by atoms with Gasteiger partial charge in [-0.05, 0) is 37.9 Å². The monoisotopic (exact) mass is 249 g/mol. The van der Waals surface area contributed by atoms with Gasteiger partial charge in [-0.25, -0.2) is 0 Å². The zero-order valence-corrected chi connectivity index (χ0v) is 11.7. The molecule has 3 heteroatoms. The van der Waals surface area contributed by atoms with Gasteiger partial charge in [0.15, 0.2) is 0 Å². The molecule has 0 atom stereocenters. The highest BCUT2D eigenvalue weighted by molar-refractivity contribution is 5.77. The number of benzene rings is 1. The predicted octanol–water partition coefficient (Wildman–Crippen LogP) is 2.93. The number of carboxylic acids is 1. The Balaban J connectivity index is 2.96. The zero-order valence-electron chi connectivity index (χ0n) is 11.7. The van der Waals surface area contributed by atoms with Crippen LogP contribution in [0.4, 0.5) is 0 Å². The van der Waals surface area contributed by atoms with Crippen LogP contribution >= 0.6 is 0 Å². The fourth-order valence-electron chi connectivity index (χ4n) is 2.10. The number of hydrogen-bond acceptors (Lipinski definition) is 2. The zero-order chi connectivity index (χ0) is 13.8. The van der Waals surface area contributed by atoms with E-state index in [1.54, 1.807) is 13.8 Å². The highest BCUT2D eigenvalue weighted by Gasteiger charge is 2.33. The fraction of sp³-hybridized carbons (Fsp3) is 0.533. The van der Waals surface area contributed by atoms with E-state index < -0.39 is 11.5 Å². The molecule has 0 radical (unpaired) electrons. The number of nitrogens with zero attached hydrogens (tertiary/aromatic N) is 1. The van der Waals surface area contributed by atoms with Crippen LogP contribution in [0.3, 0.4) is 0 Å². The van der Waals surface area contributed by atoms with E-state index in [1.807, 2.05) is 24.0 Å². The second kappa shape index (κ2) is 6.01. The van der Waals surface area contributed by atoms with Crippen molar-refractivity contribution in [1.82, 2.24) is 4.90 Å². The van der Waals surface area contributed by atoms with Crippen LogP contribution in [0.25, 0.3) is 0 Å². The first-order valence-corrected chi connectivity index (χ1v) is 6.48. The Kier molecular flexibility index (Phi) is 4.91. The Bertz CT molecular complexity index is 413. The lowest BCUT2D eigenvalue weighted by Gasteiger charge is -2.34. The van der Waals surface area contributed by atoms with Crippen LogP contribution in [0.5, 0.6) is 0 Å². The minimum Gasteiger partial charge on any atom is -0.480 e. The summed E-state index contributed by atoms with van der Waals surface area (Å²) in [6, 6.07) is 8.23. The molecule has 18 heavy (non-hydrogen) atoms. The van der Waals surface area contributed by atoms with E-state index >= 15 is 0 Å². The van der Waals surface area contributed by atoms with Gasteiger partial charge >= 0.3 is 5.97 Å². The lowest BCUT2D eigenvalue weighted by Crippen LogP contribution is -2.49. The van der Waals surface area contributed by atoms with E-state index in [0.29, 0.717) is 6.54 Å². The van der Waals surface area contributed by atoms with Gasteiger partial charge < -0.3 is 5.11 Å². The fourth-order valence-corrected chi connectivity index (χ4v) is 2.10. The summed E-state index contributed by atoms with van der Waals surface area (Å²) in [6.45, 7) is 9.04. The first kappa shape index (κ1) is 14.7. The van der Waals surface area contributed by atoms with Crippen molar-refractivity contribution >= 4 is 5.97 Å². The summed E-state index contributed by atoms with van der Waals surface area (Å²) in [6.07, 6.45) is 0.973. The van der Waals surface area contributed by atoms with Gasteiger partial charge in [0.25, 0.3) is 0 Å². The molecule has 100 valence electrons. The van der Waals surface area contributed by atoms with Gasteiger partial charge in [0.2, 0.25) is 0 Å². The van der Waals surface area contributed by atoms with Crippen LogP contribution in [0.1, 0.15) is 38.8 Å². The normalized spacial score (nSPS) is 11.8. The van der Waals surface area contributed by atoms with Crippen LogP contribution in [-0.2, 0) is 17.8 Å². The van der Waals surface area contributed by atoms with Crippen molar-refractivity contribution in [3.05, 3.63) is 35.4 Å². The summed E-state index contributed by atoms with van der Waals surface area (Å²) in [5.74, 6) is -0.779. The molecule has 0 aromatic heterocycles. The minimum atomic E-state index is -0.838. The average molecular weight is 249 g/mol. The van der Waals surface area contributed by atoms with Gasteiger partial charge in [0.1, 0.15) is 5.54 Å². The van der Waals surface area contributed by atoms with Gasteiger partial charge in [-0.2, -0.15) is 0 Å². The van der Waals surface area contributed by atoms with Crippen LogP contribution in [0.2, 0.25) is 0 Å². The molecule has 0 aliphatic carbocycles. The molecule has 1 N–H and O–H groups in total. The third kappa shape index (κ3) is 3.10. The first-order chi connectivity index (χ1) is 8.43. The molecule has 0 aliphatic rings. The minimum absolute atomic E-state index is 0.680. The van der Waals surface area contributed by atoms with Gasteiger partial charge in [0, 0.05) is 6.54 Å². The lowest BCUT2D eigenvalue weighted by atomic mass is 9.99. The number of hydrogen-bond donors (Lipinski definition) is 1. The van der Waals surface area contributed by atoms with Gasteiger partial charge in [-0.3, -0.25) is 9.69 Å². The van der Waals surface area contributed by atoms with E-state index in [-0.39, 0.29) is 0 Å². The van der Waals surface area contributed by atoms with Gasteiger partial charge in [-0.1, -0.05) is 38.1 Å². The van der Waals surface area contributed by atoms with Crippen molar-refractivity contribution in [2.24, 2.45) is 0 Å². The number of likely N-dealkylation sites (N-methyl/N-ethyl adjacent to an activating group) is 1. The summed E-state index contributed by atoms with van der Waals surface area (Å²) < 4.78 is 0. The SMILES string of the molecule is CCc1ccccc1CN(CC)C(C)(C)C(=O)O. The highest BCUT2D eigenvalue weighted by Crippen LogP contribution is 2.20. The van der Waals surface area contributed by atoms with Crippen LogP contribution < -0.4 is 0 Å². The topological polar surface area (TPSA) is 40.5 Å². The molecule has 0 spiro atoms. The number of rotatable bonds is 6. The van der Waals surface area contributed by atoms with E-state index in [0.717, 1.165) is 13.0 Å². The van der Waals surface area contributed by atoms with Gasteiger partial charge in [0.05, 0.1) is 0 Å². The molecule has 1 aromatic carbocycles. The third-order valence-electron chi connectivity index (χ3n) is 3.56. The molecule has 0 aliphatic heterocycles. The summed E-state index contributed by atoms with van der Waals surface area (Å²) in [4.78, 5) is 13.3. The van der Waals surface area contributed by atoms with E-state index in [2.05, 4.69) is 19.1 Å². The summed E-state index contributed by atoms with van der Waals surface area (Å²) in [5, 5.41) is 9.31. The van der Waals surface area contributed by atoms with E-state index in [1.165, 1.54) is 11.1 Å². The Morgan fingerprint density at radius 3 is 2.22 bits per heavy atom. The van der Waals surface area contributed by atoms with Crippen LogP contribution in [0, 0.1) is 0 Å². The quantitative estimate of drug-likeness (QED) is 0.842.